The van der Waals surface area contributed by atoms with E-state index in [2.05, 4.69) is 10.2 Å². The fourth-order valence-corrected chi connectivity index (χ4v) is 4.25. The molecule has 0 radical (unpaired) electrons. The number of carbonyl (C=O) groups is 1. The minimum Gasteiger partial charge on any atom is -0.478 e. The third-order valence-corrected chi connectivity index (χ3v) is 4.85. The Morgan fingerprint density at radius 1 is 1.28 bits per heavy atom. The van der Waals surface area contributed by atoms with Gasteiger partial charge in [-0.25, -0.2) is 4.79 Å². The first-order valence-corrected chi connectivity index (χ1v) is 6.48. The molecule has 2 bridgehead atoms. The topological polar surface area (TPSA) is 76.2 Å². The molecule has 5 heteroatoms. The van der Waals surface area contributed by atoms with Gasteiger partial charge in [0.05, 0.1) is 0 Å². The summed E-state index contributed by atoms with van der Waals surface area (Å²) in [5, 5.41) is 16.5. The Hall–Kier alpha value is -1.65. The summed E-state index contributed by atoms with van der Waals surface area (Å²) >= 11 is 0. The third kappa shape index (κ3) is 1.36. The molecule has 0 amide bonds. The van der Waals surface area contributed by atoms with E-state index in [0.717, 1.165) is 29.7 Å². The number of rotatable bonds is 3. The third-order valence-electron chi connectivity index (χ3n) is 4.85. The lowest BCUT2D eigenvalue weighted by Gasteiger charge is -2.04. The van der Waals surface area contributed by atoms with Crippen LogP contribution in [0.4, 0.5) is 0 Å². The second-order valence-corrected chi connectivity index (χ2v) is 5.66. The molecule has 1 aromatic rings. The number of carboxylic acids is 1. The Labute approximate surface area is 104 Å². The average molecular weight is 246 g/mol. The van der Waals surface area contributed by atoms with Crippen LogP contribution in [0.5, 0.6) is 0 Å². The number of aliphatic carboxylic acids is 1. The molecule has 1 heterocycles. The van der Waals surface area contributed by atoms with Crippen molar-refractivity contribution in [2.24, 2.45) is 23.7 Å². The minimum atomic E-state index is -1.00. The van der Waals surface area contributed by atoms with Gasteiger partial charge in [-0.3, -0.25) is 0 Å². The molecule has 3 fully saturated rings. The molecule has 4 atom stereocenters. The molecular formula is C13H14N2O3. The summed E-state index contributed by atoms with van der Waals surface area (Å²) < 4.78 is 5.55. The smallest absolute Gasteiger partial charge is 0.328 e. The van der Waals surface area contributed by atoms with Crippen LogP contribution in [0.15, 0.2) is 10.5 Å². The first-order chi connectivity index (χ1) is 8.74. The van der Waals surface area contributed by atoms with E-state index >= 15 is 0 Å². The second-order valence-electron chi connectivity index (χ2n) is 5.66. The van der Waals surface area contributed by atoms with Crippen LogP contribution in [0.2, 0.25) is 0 Å². The van der Waals surface area contributed by atoms with Crippen molar-refractivity contribution in [3.8, 4) is 0 Å². The number of hydrogen-bond donors (Lipinski definition) is 1. The zero-order chi connectivity index (χ0) is 12.3. The molecule has 5 nitrogen and oxygen atoms in total. The monoisotopic (exact) mass is 246 g/mol. The number of hydrogen-bond acceptors (Lipinski definition) is 4. The average Bonchev–Trinajstić information content (AvgIpc) is 2.77. The summed E-state index contributed by atoms with van der Waals surface area (Å²) in [6.07, 6.45) is 6.50. The lowest BCUT2D eigenvalue weighted by molar-refractivity contribution is -0.131. The molecule has 3 aliphatic carbocycles. The number of aromatic nitrogens is 2. The molecule has 0 saturated heterocycles. The lowest BCUT2D eigenvalue weighted by atomic mass is 10.0. The summed E-state index contributed by atoms with van der Waals surface area (Å²) in [5.41, 5.74) is 0. The maximum Gasteiger partial charge on any atom is 0.328 e. The Balaban J connectivity index is 1.52. The van der Waals surface area contributed by atoms with E-state index in [0.29, 0.717) is 17.7 Å². The van der Waals surface area contributed by atoms with Gasteiger partial charge in [0.1, 0.15) is 0 Å². The van der Waals surface area contributed by atoms with E-state index in [9.17, 15) is 4.79 Å². The first kappa shape index (κ1) is 10.3. The Morgan fingerprint density at radius 2 is 2.00 bits per heavy atom. The molecular weight excluding hydrogens is 232 g/mol. The normalized spacial score (nSPS) is 40.3. The molecule has 1 aromatic heterocycles. The van der Waals surface area contributed by atoms with Crippen molar-refractivity contribution in [2.75, 3.05) is 0 Å². The van der Waals surface area contributed by atoms with Crippen molar-refractivity contribution >= 4 is 12.0 Å². The van der Waals surface area contributed by atoms with Gasteiger partial charge in [0, 0.05) is 18.1 Å². The maximum atomic E-state index is 10.4. The Kier molecular flexibility index (Phi) is 1.96. The van der Waals surface area contributed by atoms with Crippen molar-refractivity contribution < 1.29 is 14.3 Å². The van der Waals surface area contributed by atoms with Gasteiger partial charge in [0.15, 0.2) is 0 Å². The summed E-state index contributed by atoms with van der Waals surface area (Å²) in [5.74, 6) is 3.73. The zero-order valence-electron chi connectivity index (χ0n) is 9.82. The molecule has 3 saturated carbocycles. The molecule has 18 heavy (non-hydrogen) atoms. The van der Waals surface area contributed by atoms with Crippen LogP contribution < -0.4 is 0 Å². The van der Waals surface area contributed by atoms with E-state index in [4.69, 9.17) is 9.52 Å². The number of nitrogens with zero attached hydrogens (tertiary/aromatic N) is 2. The summed E-state index contributed by atoms with van der Waals surface area (Å²) in [7, 11) is 0. The van der Waals surface area contributed by atoms with E-state index < -0.39 is 5.97 Å². The van der Waals surface area contributed by atoms with Gasteiger partial charge in [-0.2, -0.15) is 0 Å². The van der Waals surface area contributed by atoms with Crippen molar-refractivity contribution in [3.63, 3.8) is 0 Å². The highest BCUT2D eigenvalue weighted by Crippen LogP contribution is 2.72. The van der Waals surface area contributed by atoms with Crippen molar-refractivity contribution in [2.45, 2.75) is 25.2 Å². The molecule has 0 aromatic carbocycles. The zero-order valence-corrected chi connectivity index (χ0v) is 9.82. The van der Waals surface area contributed by atoms with Gasteiger partial charge < -0.3 is 9.52 Å². The highest BCUT2D eigenvalue weighted by atomic mass is 16.4. The van der Waals surface area contributed by atoms with E-state index in [1.165, 1.54) is 25.3 Å². The first-order valence-electron chi connectivity index (χ1n) is 6.48. The fraction of sp³-hybridized carbons (Fsp3) is 0.615. The summed E-state index contributed by atoms with van der Waals surface area (Å²) in [6.45, 7) is 0. The quantitative estimate of drug-likeness (QED) is 0.824. The molecule has 3 aliphatic rings. The number of carboxylic acid groups (broad SMARTS) is 1. The number of fused-ring (bicyclic) bond motifs is 5. The molecule has 4 unspecified atom stereocenters. The standard InChI is InChI=1S/C13H14N2O3/c16-9(17)4-3-8-14-15-13(18-8)12-10-6-1-2-7(5-6)11(10)12/h3-4,6-7,10-12H,1-2,5H2,(H,16,17)/b4-3+. The van der Waals surface area contributed by atoms with Crippen LogP contribution in [-0.4, -0.2) is 21.3 Å². The molecule has 94 valence electrons. The van der Waals surface area contributed by atoms with E-state index in [-0.39, 0.29) is 0 Å². The van der Waals surface area contributed by atoms with Crippen LogP contribution in [0.25, 0.3) is 6.08 Å². The molecule has 0 aliphatic heterocycles. The highest BCUT2D eigenvalue weighted by molar-refractivity contribution is 5.84. The summed E-state index contributed by atoms with van der Waals surface area (Å²) in [4.78, 5) is 10.4. The van der Waals surface area contributed by atoms with Crippen LogP contribution >= 0.6 is 0 Å². The van der Waals surface area contributed by atoms with Crippen molar-refractivity contribution in [1.29, 1.82) is 0 Å². The van der Waals surface area contributed by atoms with Gasteiger partial charge >= 0.3 is 5.97 Å². The molecule has 0 spiro atoms. The van der Waals surface area contributed by atoms with Crippen LogP contribution in [0, 0.1) is 23.7 Å². The fourth-order valence-electron chi connectivity index (χ4n) is 4.25. The minimum absolute atomic E-state index is 0.296. The van der Waals surface area contributed by atoms with Gasteiger partial charge in [-0.05, 0) is 42.9 Å². The van der Waals surface area contributed by atoms with E-state index in [1.807, 2.05) is 0 Å². The van der Waals surface area contributed by atoms with Crippen LogP contribution in [-0.2, 0) is 4.79 Å². The second kappa shape index (κ2) is 3.43. The Bertz CT molecular complexity index is 520. The maximum absolute atomic E-state index is 10.4. The largest absolute Gasteiger partial charge is 0.478 e. The Morgan fingerprint density at radius 3 is 2.67 bits per heavy atom. The highest BCUT2D eigenvalue weighted by Gasteiger charge is 2.67. The van der Waals surface area contributed by atoms with Gasteiger partial charge in [0.2, 0.25) is 11.8 Å². The van der Waals surface area contributed by atoms with Crippen LogP contribution in [0.1, 0.15) is 37.0 Å². The van der Waals surface area contributed by atoms with Crippen molar-refractivity contribution in [3.05, 3.63) is 17.9 Å². The van der Waals surface area contributed by atoms with Gasteiger partial charge in [-0.1, -0.05) is 0 Å². The predicted octanol–water partition coefficient (Wildman–Crippen LogP) is 1.93. The summed E-state index contributed by atoms with van der Waals surface area (Å²) in [6, 6.07) is 0. The van der Waals surface area contributed by atoms with Gasteiger partial charge in [0.25, 0.3) is 0 Å². The molecule has 4 rings (SSSR count). The predicted molar refractivity (Wildman–Crippen MR) is 61.5 cm³/mol. The van der Waals surface area contributed by atoms with Crippen LogP contribution in [0.3, 0.4) is 0 Å². The molecule has 1 N–H and O–H groups in total. The van der Waals surface area contributed by atoms with E-state index in [1.54, 1.807) is 0 Å². The van der Waals surface area contributed by atoms with Crippen molar-refractivity contribution in [1.82, 2.24) is 10.2 Å². The van der Waals surface area contributed by atoms with Gasteiger partial charge in [-0.15, -0.1) is 10.2 Å². The lowest BCUT2D eigenvalue weighted by Crippen LogP contribution is -1.97. The SMILES string of the molecule is O=C(O)/C=C/c1nnc(C2C3C4CCC(C4)C23)o1.